The molecule has 31 heavy (non-hydrogen) atoms. The normalized spacial score (nSPS) is 19.9. The molecule has 4 amide bonds. The number of hydrogen-bond donors (Lipinski definition) is 2. The van der Waals surface area contributed by atoms with Crippen LogP contribution in [0.1, 0.15) is 42.2 Å². The van der Waals surface area contributed by atoms with Crippen molar-refractivity contribution >= 4 is 17.8 Å². The van der Waals surface area contributed by atoms with E-state index in [2.05, 4.69) is 10.6 Å². The number of benzene rings is 1. The second-order valence-corrected chi connectivity index (χ2v) is 7.61. The Morgan fingerprint density at radius 1 is 1.26 bits per heavy atom. The van der Waals surface area contributed by atoms with Crippen LogP contribution in [-0.2, 0) is 22.6 Å². The number of ether oxygens (including phenoxy) is 2. The fraction of sp³-hybridized carbons (Fsp3) is 0.409. The quantitative estimate of drug-likeness (QED) is 0.626. The summed E-state index contributed by atoms with van der Waals surface area (Å²) in [6.45, 7) is 0.0739. The molecule has 2 unspecified atom stereocenters. The predicted octanol–water partition coefficient (Wildman–Crippen LogP) is 2.30. The molecular weight excluding hydrogens is 402 g/mol. The van der Waals surface area contributed by atoms with Gasteiger partial charge in [-0.2, -0.15) is 0 Å². The number of nitrogens with zero attached hydrogens (tertiary/aromatic N) is 1. The molecule has 164 valence electrons. The average molecular weight is 427 g/mol. The topological polar surface area (TPSA) is 110 Å². The predicted molar refractivity (Wildman–Crippen MR) is 110 cm³/mol. The maximum Gasteiger partial charge on any atom is 0.325 e. The lowest BCUT2D eigenvalue weighted by Crippen LogP contribution is -2.33. The lowest BCUT2D eigenvalue weighted by atomic mass is 10.1. The van der Waals surface area contributed by atoms with Crippen molar-refractivity contribution in [3.05, 3.63) is 47.4 Å². The summed E-state index contributed by atoms with van der Waals surface area (Å²) in [6.07, 6.45) is 3.47. The molecule has 2 N–H and O–H groups in total. The number of nitrogens with one attached hydrogen (secondary N) is 2. The number of amides is 4. The monoisotopic (exact) mass is 427 g/mol. The number of hydrogen-bond acceptors (Lipinski definition) is 6. The van der Waals surface area contributed by atoms with Crippen molar-refractivity contribution in [2.75, 3.05) is 14.2 Å². The second kappa shape index (κ2) is 8.71. The van der Waals surface area contributed by atoms with E-state index in [1.807, 2.05) is 12.1 Å². The van der Waals surface area contributed by atoms with Crippen LogP contribution in [0.5, 0.6) is 11.5 Å². The van der Waals surface area contributed by atoms with Gasteiger partial charge in [-0.3, -0.25) is 14.5 Å². The molecule has 1 saturated heterocycles. The molecule has 1 aromatic heterocycles. The van der Waals surface area contributed by atoms with Crippen LogP contribution in [0.2, 0.25) is 0 Å². The third-order valence-corrected chi connectivity index (χ3v) is 5.72. The van der Waals surface area contributed by atoms with Gasteiger partial charge >= 0.3 is 6.03 Å². The van der Waals surface area contributed by atoms with E-state index in [1.54, 1.807) is 26.4 Å². The zero-order valence-corrected chi connectivity index (χ0v) is 17.5. The molecule has 4 rings (SSSR count). The Kier molecular flexibility index (Phi) is 5.83. The number of methoxy groups -OCH3 is 2. The van der Waals surface area contributed by atoms with Crippen molar-refractivity contribution in [3.8, 4) is 11.5 Å². The first-order valence-corrected chi connectivity index (χ1v) is 10.2. The Bertz CT molecular complexity index is 987. The summed E-state index contributed by atoms with van der Waals surface area (Å²) in [5, 5.41) is 5.68. The number of rotatable bonds is 8. The lowest BCUT2D eigenvalue weighted by Gasteiger charge is -2.17. The van der Waals surface area contributed by atoms with Crippen LogP contribution in [0.15, 0.2) is 34.9 Å². The maximum absolute atomic E-state index is 12.5. The largest absolute Gasteiger partial charge is 0.493 e. The standard InChI is InChI=1S/C22H25N3O6/c1-29-18-10-13-5-6-16(15(13)11-19(18)30-2)23-20(26)8-7-17-21(27)25(22(28)24-17)12-14-4-3-9-31-14/h3-4,9-11,16-17H,5-8,12H2,1-2H3,(H,23,26)(H,24,28). The minimum Gasteiger partial charge on any atom is -0.493 e. The van der Waals surface area contributed by atoms with Gasteiger partial charge < -0.3 is 24.5 Å². The molecule has 1 aliphatic carbocycles. The molecule has 9 heteroatoms. The number of fused-ring (bicyclic) bond motifs is 1. The Hall–Kier alpha value is -3.49. The molecule has 2 heterocycles. The molecule has 1 aromatic carbocycles. The number of carbonyl (C=O) groups excluding carboxylic acids is 3. The number of furan rings is 1. The fourth-order valence-electron chi connectivity index (χ4n) is 4.11. The van der Waals surface area contributed by atoms with Crippen molar-refractivity contribution in [2.45, 2.75) is 44.3 Å². The van der Waals surface area contributed by atoms with E-state index >= 15 is 0 Å². The van der Waals surface area contributed by atoms with Crippen LogP contribution in [-0.4, -0.2) is 43.0 Å². The third kappa shape index (κ3) is 4.21. The summed E-state index contributed by atoms with van der Waals surface area (Å²) in [5.41, 5.74) is 2.13. The highest BCUT2D eigenvalue weighted by Crippen LogP contribution is 2.39. The summed E-state index contributed by atoms with van der Waals surface area (Å²) >= 11 is 0. The van der Waals surface area contributed by atoms with Crippen LogP contribution in [0.4, 0.5) is 4.79 Å². The Balaban J connectivity index is 1.33. The van der Waals surface area contributed by atoms with Crippen LogP contribution < -0.4 is 20.1 Å². The molecule has 0 spiro atoms. The summed E-state index contributed by atoms with van der Waals surface area (Å²) < 4.78 is 15.9. The average Bonchev–Trinajstić information content (AvgIpc) is 3.48. The van der Waals surface area contributed by atoms with Gasteiger partial charge in [-0.15, -0.1) is 0 Å². The van der Waals surface area contributed by atoms with Crippen LogP contribution in [0.25, 0.3) is 0 Å². The van der Waals surface area contributed by atoms with E-state index in [-0.39, 0.29) is 37.2 Å². The molecule has 0 bridgehead atoms. The fourth-order valence-corrected chi connectivity index (χ4v) is 4.11. The van der Waals surface area contributed by atoms with Crippen LogP contribution in [0, 0.1) is 0 Å². The van der Waals surface area contributed by atoms with Gasteiger partial charge in [0.1, 0.15) is 11.8 Å². The zero-order valence-electron chi connectivity index (χ0n) is 17.5. The summed E-state index contributed by atoms with van der Waals surface area (Å²) in [7, 11) is 3.17. The van der Waals surface area contributed by atoms with Gasteiger partial charge in [0.2, 0.25) is 5.91 Å². The molecule has 1 fully saturated rings. The molecule has 2 atom stereocenters. The zero-order chi connectivity index (χ0) is 22.0. The highest BCUT2D eigenvalue weighted by atomic mass is 16.5. The van der Waals surface area contributed by atoms with Crippen molar-refractivity contribution in [3.63, 3.8) is 0 Å². The molecular formula is C22H25N3O6. The molecule has 0 radical (unpaired) electrons. The first kappa shape index (κ1) is 20.8. The Morgan fingerprint density at radius 2 is 2.03 bits per heavy atom. The minimum atomic E-state index is -0.714. The van der Waals surface area contributed by atoms with Gasteiger partial charge in [0, 0.05) is 6.42 Å². The van der Waals surface area contributed by atoms with Gasteiger partial charge in [0.15, 0.2) is 11.5 Å². The van der Waals surface area contributed by atoms with Crippen molar-refractivity contribution in [1.29, 1.82) is 0 Å². The van der Waals surface area contributed by atoms with Gasteiger partial charge in [-0.25, -0.2) is 4.79 Å². The summed E-state index contributed by atoms with van der Waals surface area (Å²) in [6, 6.07) is 5.94. The van der Waals surface area contributed by atoms with E-state index < -0.39 is 12.1 Å². The molecule has 9 nitrogen and oxygen atoms in total. The van der Waals surface area contributed by atoms with Crippen molar-refractivity contribution in [1.82, 2.24) is 15.5 Å². The Labute approximate surface area is 179 Å². The SMILES string of the molecule is COc1cc2c(cc1OC)C(NC(=O)CCC1NC(=O)N(Cc3ccco3)C1=O)CC2. The van der Waals surface area contributed by atoms with E-state index in [4.69, 9.17) is 13.9 Å². The number of imide groups is 1. The highest BCUT2D eigenvalue weighted by Gasteiger charge is 2.38. The van der Waals surface area contributed by atoms with Crippen molar-refractivity contribution in [2.24, 2.45) is 0 Å². The van der Waals surface area contributed by atoms with Gasteiger partial charge in [-0.1, -0.05) is 0 Å². The van der Waals surface area contributed by atoms with Gasteiger partial charge in [0.05, 0.1) is 33.1 Å². The van der Waals surface area contributed by atoms with E-state index in [1.165, 1.54) is 6.26 Å². The van der Waals surface area contributed by atoms with Crippen LogP contribution in [0.3, 0.4) is 0 Å². The van der Waals surface area contributed by atoms with Gasteiger partial charge in [0.25, 0.3) is 5.91 Å². The smallest absolute Gasteiger partial charge is 0.325 e. The molecule has 0 saturated carbocycles. The highest BCUT2D eigenvalue weighted by molar-refractivity contribution is 6.04. The van der Waals surface area contributed by atoms with Crippen molar-refractivity contribution < 1.29 is 28.3 Å². The third-order valence-electron chi connectivity index (χ3n) is 5.72. The van der Waals surface area contributed by atoms with E-state index in [9.17, 15) is 14.4 Å². The molecule has 2 aromatic rings. The minimum absolute atomic E-state index is 0.0739. The summed E-state index contributed by atoms with van der Waals surface area (Å²) in [4.78, 5) is 38.3. The first-order valence-electron chi connectivity index (χ1n) is 10.2. The maximum atomic E-state index is 12.5. The van der Waals surface area contributed by atoms with Gasteiger partial charge in [-0.05, 0) is 54.7 Å². The summed E-state index contributed by atoms with van der Waals surface area (Å²) in [5.74, 6) is 1.30. The van der Waals surface area contributed by atoms with E-state index in [0.29, 0.717) is 17.3 Å². The lowest BCUT2D eigenvalue weighted by molar-refractivity contribution is -0.128. The number of carbonyl (C=O) groups is 3. The molecule has 1 aliphatic heterocycles. The first-order chi connectivity index (χ1) is 15.0. The van der Waals surface area contributed by atoms with E-state index in [0.717, 1.165) is 28.9 Å². The number of aryl methyl sites for hydroxylation is 1. The number of urea groups is 1. The molecule has 2 aliphatic rings. The van der Waals surface area contributed by atoms with Crippen LogP contribution >= 0.6 is 0 Å². The second-order valence-electron chi connectivity index (χ2n) is 7.61. The Morgan fingerprint density at radius 3 is 2.74 bits per heavy atom.